The predicted octanol–water partition coefficient (Wildman–Crippen LogP) is 3.41. The summed E-state index contributed by atoms with van der Waals surface area (Å²) in [5.41, 5.74) is 3.65. The Morgan fingerprint density at radius 3 is 2.60 bits per heavy atom. The van der Waals surface area contributed by atoms with Gasteiger partial charge in [-0.3, -0.25) is 9.59 Å². The largest absolute Gasteiger partial charge is 0.497 e. The van der Waals surface area contributed by atoms with Crippen molar-refractivity contribution in [1.82, 2.24) is 9.88 Å². The average molecular weight is 404 g/mol. The number of hydrogen-bond acceptors (Lipinski definition) is 4. The quantitative estimate of drug-likeness (QED) is 0.684. The van der Waals surface area contributed by atoms with Gasteiger partial charge in [0, 0.05) is 36.0 Å². The van der Waals surface area contributed by atoms with Crippen molar-refractivity contribution in [2.75, 3.05) is 14.2 Å². The van der Waals surface area contributed by atoms with Crippen LogP contribution in [-0.4, -0.2) is 24.7 Å². The van der Waals surface area contributed by atoms with Crippen LogP contribution in [0.3, 0.4) is 0 Å². The van der Waals surface area contributed by atoms with Crippen LogP contribution in [0, 0.1) is 0 Å². The van der Waals surface area contributed by atoms with Gasteiger partial charge in [-0.05, 0) is 36.6 Å². The highest BCUT2D eigenvalue weighted by Gasteiger charge is 2.25. The van der Waals surface area contributed by atoms with E-state index in [1.807, 2.05) is 48.5 Å². The van der Waals surface area contributed by atoms with Crippen LogP contribution >= 0.6 is 0 Å². The molecule has 0 saturated carbocycles. The lowest BCUT2D eigenvalue weighted by molar-refractivity contribution is 0.0949. The summed E-state index contributed by atoms with van der Waals surface area (Å²) >= 11 is 0. The lowest BCUT2D eigenvalue weighted by Gasteiger charge is -2.16. The number of hydrogen-bond donors (Lipinski definition) is 1. The topological polar surface area (TPSA) is 69.6 Å². The molecule has 0 atom stereocenters. The molecule has 0 saturated heterocycles. The predicted molar refractivity (Wildman–Crippen MR) is 115 cm³/mol. The lowest BCUT2D eigenvalue weighted by Crippen LogP contribution is -2.29. The maximum absolute atomic E-state index is 13.3. The van der Waals surface area contributed by atoms with Gasteiger partial charge in [0.15, 0.2) is 0 Å². The van der Waals surface area contributed by atoms with E-state index in [-0.39, 0.29) is 18.0 Å². The molecule has 3 aromatic rings. The molecule has 0 aliphatic carbocycles. The van der Waals surface area contributed by atoms with E-state index in [1.165, 1.54) is 0 Å². The first-order valence-electron chi connectivity index (χ1n) is 9.93. The molecule has 1 aliphatic rings. The average Bonchev–Trinajstić information content (AvgIpc) is 3.28. The number of rotatable bonds is 6. The van der Waals surface area contributed by atoms with Crippen molar-refractivity contribution in [3.8, 4) is 22.6 Å². The van der Waals surface area contributed by atoms with Crippen LogP contribution in [0.2, 0.25) is 0 Å². The van der Waals surface area contributed by atoms with E-state index in [2.05, 4.69) is 5.32 Å². The van der Waals surface area contributed by atoms with Crippen molar-refractivity contribution in [2.24, 2.45) is 0 Å². The molecule has 154 valence electrons. The Balaban J connectivity index is 1.71. The number of nitrogens with zero attached hydrogens (tertiary/aromatic N) is 1. The van der Waals surface area contributed by atoms with Gasteiger partial charge in [-0.15, -0.1) is 0 Å². The van der Waals surface area contributed by atoms with Crippen molar-refractivity contribution < 1.29 is 14.3 Å². The van der Waals surface area contributed by atoms with E-state index in [1.54, 1.807) is 24.9 Å². The molecule has 1 amide bonds. The molecule has 1 aliphatic heterocycles. The minimum Gasteiger partial charge on any atom is -0.497 e. The minimum atomic E-state index is -0.204. The first-order valence-corrected chi connectivity index (χ1v) is 9.93. The van der Waals surface area contributed by atoms with Crippen LogP contribution in [0.1, 0.15) is 28.0 Å². The Bertz CT molecular complexity index is 1140. The van der Waals surface area contributed by atoms with Crippen LogP contribution in [0.5, 0.6) is 11.5 Å². The third-order valence-corrected chi connectivity index (χ3v) is 5.45. The molecule has 6 heteroatoms. The molecule has 0 fully saturated rings. The first kappa shape index (κ1) is 19.8. The summed E-state index contributed by atoms with van der Waals surface area (Å²) in [4.78, 5) is 26.0. The lowest BCUT2D eigenvalue weighted by atomic mass is 9.97. The molecular weight excluding hydrogens is 380 g/mol. The minimum absolute atomic E-state index is 0.0626. The fourth-order valence-electron chi connectivity index (χ4n) is 3.99. The number of carbonyl (C=O) groups excluding carboxylic acids is 1. The molecule has 0 bridgehead atoms. The second-order valence-corrected chi connectivity index (χ2v) is 7.20. The fraction of sp³-hybridized carbons (Fsp3) is 0.250. The Morgan fingerprint density at radius 1 is 1.07 bits per heavy atom. The van der Waals surface area contributed by atoms with Gasteiger partial charge >= 0.3 is 0 Å². The van der Waals surface area contributed by atoms with Gasteiger partial charge in [0.05, 0.1) is 19.8 Å². The van der Waals surface area contributed by atoms with Gasteiger partial charge in [0.25, 0.3) is 11.5 Å². The number of ether oxygens (including phenoxy) is 2. The molecule has 2 heterocycles. The second-order valence-electron chi connectivity index (χ2n) is 7.20. The molecule has 0 unspecified atom stereocenters. The van der Waals surface area contributed by atoms with Crippen molar-refractivity contribution in [1.29, 1.82) is 0 Å². The van der Waals surface area contributed by atoms with E-state index < -0.39 is 0 Å². The Hall–Kier alpha value is -3.54. The van der Waals surface area contributed by atoms with E-state index in [9.17, 15) is 9.59 Å². The molecular formula is C24H24N2O4. The van der Waals surface area contributed by atoms with E-state index in [0.29, 0.717) is 35.6 Å². The molecule has 0 spiro atoms. The van der Waals surface area contributed by atoms with Gasteiger partial charge in [-0.25, -0.2) is 0 Å². The summed E-state index contributed by atoms with van der Waals surface area (Å²) < 4.78 is 12.4. The van der Waals surface area contributed by atoms with Crippen molar-refractivity contribution in [3.05, 3.63) is 81.8 Å². The number of benzene rings is 2. The number of aromatic nitrogens is 1. The summed E-state index contributed by atoms with van der Waals surface area (Å²) in [6.45, 7) is 0.930. The molecule has 30 heavy (non-hydrogen) atoms. The Morgan fingerprint density at radius 2 is 1.87 bits per heavy atom. The van der Waals surface area contributed by atoms with Crippen molar-refractivity contribution in [2.45, 2.75) is 25.9 Å². The van der Waals surface area contributed by atoms with Gasteiger partial charge in [-0.1, -0.05) is 30.3 Å². The number of amides is 1. The van der Waals surface area contributed by atoms with Crippen LogP contribution < -0.4 is 20.3 Å². The van der Waals surface area contributed by atoms with Crippen molar-refractivity contribution in [3.63, 3.8) is 0 Å². The second kappa shape index (κ2) is 8.45. The number of methoxy groups -OCH3 is 2. The summed E-state index contributed by atoms with van der Waals surface area (Å²) in [5.74, 6) is 1.16. The number of pyridine rings is 1. The fourth-order valence-corrected chi connectivity index (χ4v) is 3.99. The SMILES string of the molecule is COc1ccc(OC)c(CNC(=O)c2c(-c3ccccc3)cc(=O)n3c2CCC3)c1. The normalized spacial score (nSPS) is 12.3. The highest BCUT2D eigenvalue weighted by molar-refractivity contribution is 6.02. The van der Waals surface area contributed by atoms with Crippen LogP contribution in [0.4, 0.5) is 0 Å². The summed E-state index contributed by atoms with van der Waals surface area (Å²) in [6.07, 6.45) is 1.57. The van der Waals surface area contributed by atoms with Gasteiger partial charge in [-0.2, -0.15) is 0 Å². The number of carbonyl (C=O) groups is 1. The zero-order chi connectivity index (χ0) is 21.1. The molecule has 0 radical (unpaired) electrons. The monoisotopic (exact) mass is 404 g/mol. The number of fused-ring (bicyclic) bond motifs is 1. The zero-order valence-electron chi connectivity index (χ0n) is 17.1. The van der Waals surface area contributed by atoms with E-state index >= 15 is 0 Å². The maximum Gasteiger partial charge on any atom is 0.253 e. The summed E-state index contributed by atoms with van der Waals surface area (Å²) in [7, 11) is 3.19. The molecule has 1 N–H and O–H groups in total. The van der Waals surface area contributed by atoms with E-state index in [0.717, 1.165) is 23.2 Å². The van der Waals surface area contributed by atoms with Crippen LogP contribution in [0.25, 0.3) is 11.1 Å². The van der Waals surface area contributed by atoms with Gasteiger partial charge in [0.1, 0.15) is 11.5 Å². The highest BCUT2D eigenvalue weighted by atomic mass is 16.5. The third-order valence-electron chi connectivity index (χ3n) is 5.45. The van der Waals surface area contributed by atoms with Gasteiger partial charge in [0.2, 0.25) is 0 Å². The highest BCUT2D eigenvalue weighted by Crippen LogP contribution is 2.29. The Kier molecular flexibility index (Phi) is 5.57. The molecule has 4 rings (SSSR count). The summed E-state index contributed by atoms with van der Waals surface area (Å²) in [6, 6.07) is 16.6. The first-order chi connectivity index (χ1) is 14.6. The molecule has 6 nitrogen and oxygen atoms in total. The van der Waals surface area contributed by atoms with E-state index in [4.69, 9.17) is 9.47 Å². The Labute approximate surface area is 175 Å². The standard InChI is InChI=1S/C24H24N2O4/c1-29-18-10-11-21(30-2)17(13-18)15-25-24(28)23-19(16-7-4-3-5-8-16)14-22(27)26-12-6-9-20(23)26/h3-5,7-8,10-11,13-14H,6,9,12,15H2,1-2H3,(H,25,28). The third kappa shape index (κ3) is 3.68. The van der Waals surface area contributed by atoms with Gasteiger partial charge < -0.3 is 19.4 Å². The van der Waals surface area contributed by atoms with Crippen LogP contribution in [-0.2, 0) is 19.5 Å². The van der Waals surface area contributed by atoms with Crippen molar-refractivity contribution >= 4 is 5.91 Å². The van der Waals surface area contributed by atoms with Crippen LogP contribution in [0.15, 0.2) is 59.4 Å². The summed E-state index contributed by atoms with van der Waals surface area (Å²) in [5, 5.41) is 3.01. The molecule has 1 aromatic heterocycles. The maximum atomic E-state index is 13.3. The smallest absolute Gasteiger partial charge is 0.253 e. The molecule has 2 aromatic carbocycles. The zero-order valence-corrected chi connectivity index (χ0v) is 17.1. The number of nitrogens with one attached hydrogen (secondary N) is 1.